The topological polar surface area (TPSA) is 58.6 Å². The van der Waals surface area contributed by atoms with Crippen molar-refractivity contribution in [3.63, 3.8) is 0 Å². The molecule has 0 radical (unpaired) electrons. The smallest absolute Gasteiger partial charge is 0.325 e. The highest BCUT2D eigenvalue weighted by Gasteiger charge is 2.50. The number of halogens is 2. The summed E-state index contributed by atoms with van der Waals surface area (Å²) in [4.78, 5) is 26.5. The second-order valence-corrected chi connectivity index (χ2v) is 6.78. The zero-order chi connectivity index (χ0) is 18.7. The van der Waals surface area contributed by atoms with Gasteiger partial charge in [-0.1, -0.05) is 60.5 Å². The van der Waals surface area contributed by atoms with Gasteiger partial charge in [-0.2, -0.15) is 0 Å². The monoisotopic (exact) mass is 392 g/mol. The summed E-state index contributed by atoms with van der Waals surface area (Å²) < 4.78 is 5.59. The lowest BCUT2D eigenvalue weighted by molar-refractivity contribution is -0.132. The molecule has 7 heteroatoms. The number of hydrogen-bond donors (Lipinski definition) is 1. The summed E-state index contributed by atoms with van der Waals surface area (Å²) in [5, 5.41) is 3.72. The highest BCUT2D eigenvalue weighted by molar-refractivity contribution is 6.35. The van der Waals surface area contributed by atoms with Crippen LogP contribution in [0.4, 0.5) is 4.79 Å². The van der Waals surface area contributed by atoms with Gasteiger partial charge < -0.3 is 10.1 Å². The second-order valence-electron chi connectivity index (χ2n) is 5.94. The third-order valence-electron chi connectivity index (χ3n) is 4.44. The molecule has 1 aliphatic rings. The molecule has 0 aliphatic carbocycles. The summed E-state index contributed by atoms with van der Waals surface area (Å²) in [5.41, 5.74) is -0.263. The largest absolute Gasteiger partial charge is 0.490 e. The summed E-state index contributed by atoms with van der Waals surface area (Å²) in [7, 11) is 0. The molecule has 2 aromatic carbocycles. The molecule has 1 saturated heterocycles. The Morgan fingerprint density at radius 3 is 2.50 bits per heavy atom. The number of hydrogen-bond acceptors (Lipinski definition) is 3. The molecule has 1 atom stereocenters. The fraction of sp³-hybridized carbons (Fsp3) is 0.263. The van der Waals surface area contributed by atoms with Crippen LogP contribution in [0.15, 0.2) is 48.5 Å². The first-order valence-electron chi connectivity index (χ1n) is 8.25. The van der Waals surface area contributed by atoms with Gasteiger partial charge in [0, 0.05) is 5.02 Å². The Morgan fingerprint density at radius 1 is 1.12 bits per heavy atom. The number of urea groups is 1. The summed E-state index contributed by atoms with van der Waals surface area (Å²) in [5.74, 6) is 0.176. The number of imide groups is 1. The quantitative estimate of drug-likeness (QED) is 0.748. The molecule has 0 bridgehead atoms. The van der Waals surface area contributed by atoms with E-state index in [1.807, 2.05) is 37.3 Å². The van der Waals surface area contributed by atoms with Gasteiger partial charge in [0.05, 0.1) is 11.6 Å². The highest BCUT2D eigenvalue weighted by Crippen LogP contribution is 2.32. The van der Waals surface area contributed by atoms with E-state index in [1.165, 1.54) is 4.90 Å². The van der Waals surface area contributed by atoms with E-state index in [9.17, 15) is 9.59 Å². The fourth-order valence-electron chi connectivity index (χ4n) is 3.03. The zero-order valence-electron chi connectivity index (χ0n) is 14.2. The van der Waals surface area contributed by atoms with Crippen molar-refractivity contribution in [2.24, 2.45) is 0 Å². The SMILES string of the molecule is CCC1(c2ccccc2)NC(=O)N(CCOc2ccc(Cl)cc2Cl)C1=O. The maximum absolute atomic E-state index is 13.0. The van der Waals surface area contributed by atoms with E-state index in [4.69, 9.17) is 27.9 Å². The molecule has 1 aliphatic heterocycles. The third-order valence-corrected chi connectivity index (χ3v) is 4.97. The van der Waals surface area contributed by atoms with Crippen LogP contribution in [0, 0.1) is 0 Å². The van der Waals surface area contributed by atoms with Crippen LogP contribution >= 0.6 is 23.2 Å². The van der Waals surface area contributed by atoms with Crippen LogP contribution in [0.3, 0.4) is 0 Å². The second kappa shape index (κ2) is 7.56. The third kappa shape index (κ3) is 3.37. The maximum atomic E-state index is 13.0. The minimum Gasteiger partial charge on any atom is -0.490 e. The van der Waals surface area contributed by atoms with Gasteiger partial charge in [-0.05, 0) is 30.2 Å². The minimum absolute atomic E-state index is 0.123. The molecule has 5 nitrogen and oxygen atoms in total. The van der Waals surface area contributed by atoms with E-state index < -0.39 is 11.6 Å². The van der Waals surface area contributed by atoms with Crippen molar-refractivity contribution in [3.8, 4) is 5.75 Å². The van der Waals surface area contributed by atoms with Gasteiger partial charge in [0.15, 0.2) is 0 Å². The Hall–Kier alpha value is -2.24. The number of nitrogens with one attached hydrogen (secondary N) is 1. The van der Waals surface area contributed by atoms with Crippen molar-refractivity contribution in [1.82, 2.24) is 10.2 Å². The standard InChI is InChI=1S/C19H18Cl2N2O3/c1-2-19(13-6-4-3-5-7-13)17(24)23(18(25)22-19)10-11-26-16-9-8-14(20)12-15(16)21/h3-9,12H,2,10-11H2,1H3,(H,22,25). The number of ether oxygens (including phenoxy) is 1. The summed E-state index contributed by atoms with van der Waals surface area (Å²) >= 11 is 11.9. The average Bonchev–Trinajstić information content (AvgIpc) is 2.89. The predicted molar refractivity (Wildman–Crippen MR) is 101 cm³/mol. The van der Waals surface area contributed by atoms with Crippen molar-refractivity contribution in [2.45, 2.75) is 18.9 Å². The Bertz CT molecular complexity index is 829. The summed E-state index contributed by atoms with van der Waals surface area (Å²) in [6, 6.07) is 13.7. The van der Waals surface area contributed by atoms with Crippen LogP contribution in [0.25, 0.3) is 0 Å². The van der Waals surface area contributed by atoms with Gasteiger partial charge in [-0.15, -0.1) is 0 Å². The number of amides is 3. The van der Waals surface area contributed by atoms with E-state index >= 15 is 0 Å². The number of benzene rings is 2. The van der Waals surface area contributed by atoms with Crippen LogP contribution in [-0.4, -0.2) is 30.0 Å². The Balaban J connectivity index is 1.71. The number of nitrogens with zero attached hydrogens (tertiary/aromatic N) is 1. The van der Waals surface area contributed by atoms with Crippen LogP contribution in [0.2, 0.25) is 10.0 Å². The summed E-state index contributed by atoms with van der Waals surface area (Å²) in [6.07, 6.45) is 0.460. The van der Waals surface area contributed by atoms with Crippen molar-refractivity contribution in [3.05, 3.63) is 64.1 Å². The van der Waals surface area contributed by atoms with E-state index in [0.29, 0.717) is 22.2 Å². The first-order chi connectivity index (χ1) is 12.5. The fourth-order valence-corrected chi connectivity index (χ4v) is 3.49. The first-order valence-corrected chi connectivity index (χ1v) is 9.01. The van der Waals surface area contributed by atoms with Crippen molar-refractivity contribution in [2.75, 3.05) is 13.2 Å². The van der Waals surface area contributed by atoms with Crippen molar-refractivity contribution >= 4 is 35.1 Å². The molecule has 1 heterocycles. The molecule has 1 N–H and O–H groups in total. The molecule has 136 valence electrons. The van der Waals surface area contributed by atoms with Gasteiger partial charge >= 0.3 is 6.03 Å². The lowest BCUT2D eigenvalue weighted by Gasteiger charge is -2.25. The molecule has 1 fully saturated rings. The Kier molecular flexibility index (Phi) is 5.39. The van der Waals surface area contributed by atoms with Gasteiger partial charge in [-0.3, -0.25) is 9.69 Å². The molecule has 26 heavy (non-hydrogen) atoms. The molecule has 3 rings (SSSR count). The zero-order valence-corrected chi connectivity index (χ0v) is 15.7. The van der Waals surface area contributed by atoms with Crippen LogP contribution in [0.1, 0.15) is 18.9 Å². The Labute approximate surface area is 161 Å². The number of carbonyl (C=O) groups is 2. The molecule has 0 saturated carbocycles. The molecule has 2 aromatic rings. The predicted octanol–water partition coefficient (Wildman–Crippen LogP) is 4.23. The van der Waals surface area contributed by atoms with Crippen molar-refractivity contribution < 1.29 is 14.3 Å². The lowest BCUT2D eigenvalue weighted by Crippen LogP contribution is -2.43. The van der Waals surface area contributed by atoms with Crippen LogP contribution in [-0.2, 0) is 10.3 Å². The molecule has 0 spiro atoms. The number of carbonyl (C=O) groups excluding carboxylic acids is 2. The molecule has 0 aromatic heterocycles. The van der Waals surface area contributed by atoms with Crippen LogP contribution in [0.5, 0.6) is 5.75 Å². The first kappa shape index (κ1) is 18.5. The average molecular weight is 393 g/mol. The maximum Gasteiger partial charge on any atom is 0.325 e. The van der Waals surface area contributed by atoms with Crippen LogP contribution < -0.4 is 10.1 Å². The minimum atomic E-state index is -1.03. The molecule has 3 amide bonds. The van der Waals surface area contributed by atoms with E-state index in [0.717, 1.165) is 5.56 Å². The molecular formula is C19H18Cl2N2O3. The highest BCUT2D eigenvalue weighted by atomic mass is 35.5. The van der Waals surface area contributed by atoms with E-state index in [-0.39, 0.29) is 19.1 Å². The van der Waals surface area contributed by atoms with Gasteiger partial charge in [0.25, 0.3) is 5.91 Å². The van der Waals surface area contributed by atoms with E-state index in [1.54, 1.807) is 18.2 Å². The van der Waals surface area contributed by atoms with Gasteiger partial charge in [0.2, 0.25) is 0 Å². The van der Waals surface area contributed by atoms with Crippen molar-refractivity contribution in [1.29, 1.82) is 0 Å². The summed E-state index contributed by atoms with van der Waals surface area (Å²) in [6.45, 7) is 2.13. The lowest BCUT2D eigenvalue weighted by atomic mass is 9.87. The number of rotatable bonds is 6. The Morgan fingerprint density at radius 2 is 1.85 bits per heavy atom. The van der Waals surface area contributed by atoms with Gasteiger partial charge in [-0.25, -0.2) is 4.79 Å². The van der Waals surface area contributed by atoms with Gasteiger partial charge in [0.1, 0.15) is 17.9 Å². The normalized spacial score (nSPS) is 19.6. The van der Waals surface area contributed by atoms with E-state index in [2.05, 4.69) is 5.32 Å². The molecular weight excluding hydrogens is 375 g/mol. The molecule has 1 unspecified atom stereocenters.